The summed E-state index contributed by atoms with van der Waals surface area (Å²) < 4.78 is 2.18. The van der Waals surface area contributed by atoms with Crippen LogP contribution in [0.25, 0.3) is 23.1 Å². The van der Waals surface area contributed by atoms with Crippen molar-refractivity contribution in [2.24, 2.45) is 13.0 Å². The minimum absolute atomic E-state index is 0.284. The number of aliphatic hydroxyl groups excluding tert-OH is 1. The van der Waals surface area contributed by atoms with Crippen LogP contribution in [0.3, 0.4) is 0 Å². The molecule has 2 aromatic carbocycles. The number of benzene rings is 2. The number of fused-ring (bicyclic) bond motifs is 1. The highest BCUT2D eigenvalue weighted by molar-refractivity contribution is 6.31. The molecule has 1 aromatic heterocycles. The molecule has 1 aliphatic rings. The van der Waals surface area contributed by atoms with Crippen LogP contribution in [0.15, 0.2) is 54.6 Å². The summed E-state index contributed by atoms with van der Waals surface area (Å²) in [4.78, 5) is 2.38. The molecule has 1 saturated heterocycles. The standard InChI is InChI=1S/C24H26ClN2O/c1-26-22(12-7-20-15-21(25)8-13-24(20)26)9-4-18-5-10-23(11-6-18)27-14-2-3-19(16-27)17-28/h4-13,15,19,28H,2-3,14,16-17H2,1H3/q+1. The average molecular weight is 394 g/mol. The molecule has 1 atom stereocenters. The second-order valence-corrected chi connectivity index (χ2v) is 8.02. The van der Waals surface area contributed by atoms with Crippen molar-refractivity contribution in [2.75, 3.05) is 24.6 Å². The van der Waals surface area contributed by atoms with E-state index in [-0.39, 0.29) is 6.61 Å². The van der Waals surface area contributed by atoms with Crippen LogP contribution in [0.2, 0.25) is 5.02 Å². The summed E-state index contributed by atoms with van der Waals surface area (Å²) in [7, 11) is 2.08. The van der Waals surface area contributed by atoms with Gasteiger partial charge in [-0.15, -0.1) is 0 Å². The first kappa shape index (κ1) is 19.0. The van der Waals surface area contributed by atoms with Gasteiger partial charge in [-0.3, -0.25) is 0 Å². The Balaban J connectivity index is 1.51. The molecule has 0 saturated carbocycles. The van der Waals surface area contributed by atoms with Gasteiger partial charge in [0.25, 0.3) is 0 Å². The molecule has 1 fully saturated rings. The molecule has 144 valence electrons. The Morgan fingerprint density at radius 2 is 1.93 bits per heavy atom. The normalized spacial score (nSPS) is 17.5. The maximum absolute atomic E-state index is 9.44. The van der Waals surface area contributed by atoms with Gasteiger partial charge >= 0.3 is 0 Å². The van der Waals surface area contributed by atoms with Gasteiger partial charge in [-0.1, -0.05) is 23.7 Å². The SMILES string of the molecule is C[n+]1c(C=Cc2ccc(N3CCCC(CO)C3)cc2)ccc2cc(Cl)ccc21. The number of piperidine rings is 1. The zero-order valence-corrected chi connectivity index (χ0v) is 16.9. The Morgan fingerprint density at radius 1 is 1.11 bits per heavy atom. The van der Waals surface area contributed by atoms with Gasteiger partial charge in [0.05, 0.1) is 0 Å². The topological polar surface area (TPSA) is 27.4 Å². The molecule has 0 radical (unpaired) electrons. The number of aryl methyl sites for hydroxylation is 1. The summed E-state index contributed by atoms with van der Waals surface area (Å²) in [6.07, 6.45) is 6.57. The lowest BCUT2D eigenvalue weighted by molar-refractivity contribution is -0.646. The second kappa shape index (κ2) is 8.34. The van der Waals surface area contributed by atoms with E-state index in [4.69, 9.17) is 11.6 Å². The van der Waals surface area contributed by atoms with Gasteiger partial charge in [0.15, 0.2) is 0 Å². The number of anilines is 1. The van der Waals surface area contributed by atoms with Crippen LogP contribution in [0.1, 0.15) is 24.1 Å². The lowest BCUT2D eigenvalue weighted by Crippen LogP contribution is -2.36. The van der Waals surface area contributed by atoms with Crippen molar-refractivity contribution in [3.63, 3.8) is 0 Å². The van der Waals surface area contributed by atoms with Gasteiger partial charge < -0.3 is 10.0 Å². The molecule has 0 amide bonds. The first-order valence-electron chi connectivity index (χ1n) is 9.86. The summed E-state index contributed by atoms with van der Waals surface area (Å²) in [5, 5.41) is 11.3. The smallest absolute Gasteiger partial charge is 0.212 e. The number of hydrogen-bond acceptors (Lipinski definition) is 2. The minimum atomic E-state index is 0.284. The van der Waals surface area contributed by atoms with E-state index < -0.39 is 0 Å². The van der Waals surface area contributed by atoms with Crippen LogP contribution in [0.4, 0.5) is 5.69 Å². The van der Waals surface area contributed by atoms with Crippen LogP contribution in [-0.2, 0) is 7.05 Å². The quantitative estimate of drug-likeness (QED) is 0.651. The second-order valence-electron chi connectivity index (χ2n) is 7.58. The predicted molar refractivity (Wildman–Crippen MR) is 118 cm³/mol. The Kier molecular flexibility index (Phi) is 5.65. The summed E-state index contributed by atoms with van der Waals surface area (Å²) in [5.41, 5.74) is 4.71. The zero-order valence-electron chi connectivity index (χ0n) is 16.2. The van der Waals surface area contributed by atoms with Gasteiger partial charge in [0.1, 0.15) is 7.05 Å². The number of nitrogens with zero attached hydrogens (tertiary/aromatic N) is 2. The maximum Gasteiger partial charge on any atom is 0.212 e. The van der Waals surface area contributed by atoms with Crippen LogP contribution >= 0.6 is 11.6 Å². The van der Waals surface area contributed by atoms with E-state index in [9.17, 15) is 5.11 Å². The van der Waals surface area contributed by atoms with Gasteiger partial charge in [-0.2, -0.15) is 4.57 Å². The Morgan fingerprint density at radius 3 is 2.71 bits per heavy atom. The van der Waals surface area contributed by atoms with Gasteiger partial charge in [0, 0.05) is 54.0 Å². The predicted octanol–water partition coefficient (Wildman–Crippen LogP) is 4.70. The highest BCUT2D eigenvalue weighted by atomic mass is 35.5. The third-order valence-electron chi connectivity index (χ3n) is 5.65. The molecule has 1 aliphatic heterocycles. The molecule has 0 spiro atoms. The molecule has 28 heavy (non-hydrogen) atoms. The van der Waals surface area contributed by atoms with Crippen molar-refractivity contribution in [3.05, 3.63) is 70.9 Å². The first-order valence-corrected chi connectivity index (χ1v) is 10.2. The molecule has 4 rings (SSSR count). The van der Waals surface area contributed by atoms with Gasteiger partial charge in [-0.05, 0) is 60.7 Å². The van der Waals surface area contributed by atoms with Crippen LogP contribution in [-0.4, -0.2) is 24.8 Å². The largest absolute Gasteiger partial charge is 0.396 e. The summed E-state index contributed by atoms with van der Waals surface area (Å²) in [5.74, 6) is 0.399. The number of aromatic nitrogens is 1. The number of pyridine rings is 1. The Labute approximate surface area is 171 Å². The zero-order chi connectivity index (χ0) is 19.5. The van der Waals surface area contributed by atoms with Crippen LogP contribution < -0.4 is 9.47 Å². The van der Waals surface area contributed by atoms with E-state index in [1.165, 1.54) is 11.3 Å². The van der Waals surface area contributed by atoms with E-state index in [1.807, 2.05) is 12.1 Å². The number of aliphatic hydroxyl groups is 1. The van der Waals surface area contributed by atoms with Gasteiger partial charge in [0.2, 0.25) is 11.2 Å². The molecule has 3 nitrogen and oxygen atoms in total. The number of hydrogen-bond donors (Lipinski definition) is 1. The van der Waals surface area contributed by atoms with Crippen molar-refractivity contribution in [3.8, 4) is 0 Å². The molecular formula is C24H26ClN2O+. The van der Waals surface area contributed by atoms with E-state index in [1.54, 1.807) is 0 Å². The van der Waals surface area contributed by atoms with Crippen LogP contribution in [0, 0.1) is 5.92 Å². The fourth-order valence-corrected chi connectivity index (χ4v) is 4.16. The summed E-state index contributed by atoms with van der Waals surface area (Å²) in [6.45, 7) is 2.30. The van der Waals surface area contributed by atoms with E-state index in [0.717, 1.165) is 47.6 Å². The highest BCUT2D eigenvalue weighted by Gasteiger charge is 2.19. The molecular weight excluding hydrogens is 368 g/mol. The number of halogens is 1. The monoisotopic (exact) mass is 393 g/mol. The van der Waals surface area contributed by atoms with Crippen molar-refractivity contribution in [1.82, 2.24) is 0 Å². The number of rotatable bonds is 4. The van der Waals surface area contributed by atoms with E-state index >= 15 is 0 Å². The molecule has 0 aliphatic carbocycles. The van der Waals surface area contributed by atoms with Gasteiger partial charge in [-0.25, -0.2) is 0 Å². The molecule has 2 heterocycles. The third kappa shape index (κ3) is 4.06. The first-order chi connectivity index (χ1) is 13.6. The molecule has 3 aromatic rings. The average Bonchev–Trinajstić information content (AvgIpc) is 2.73. The van der Waals surface area contributed by atoms with Crippen molar-refractivity contribution in [2.45, 2.75) is 12.8 Å². The van der Waals surface area contributed by atoms with Crippen molar-refractivity contribution < 1.29 is 9.67 Å². The minimum Gasteiger partial charge on any atom is -0.396 e. The molecule has 0 bridgehead atoms. The van der Waals surface area contributed by atoms with Crippen molar-refractivity contribution in [1.29, 1.82) is 0 Å². The molecule has 1 unspecified atom stereocenters. The van der Waals surface area contributed by atoms with Crippen molar-refractivity contribution >= 4 is 40.3 Å². The lowest BCUT2D eigenvalue weighted by atomic mass is 9.98. The summed E-state index contributed by atoms with van der Waals surface area (Å²) in [6, 6.07) is 18.9. The lowest BCUT2D eigenvalue weighted by Gasteiger charge is -2.33. The van der Waals surface area contributed by atoms with E-state index in [0.29, 0.717) is 5.92 Å². The Hall–Kier alpha value is -2.36. The fourth-order valence-electron chi connectivity index (χ4n) is 3.98. The fraction of sp³-hybridized carbons (Fsp3) is 0.292. The molecule has 4 heteroatoms. The Bertz CT molecular complexity index is 997. The third-order valence-corrected chi connectivity index (χ3v) is 5.89. The maximum atomic E-state index is 9.44. The van der Waals surface area contributed by atoms with E-state index in [2.05, 4.69) is 71.1 Å². The summed E-state index contributed by atoms with van der Waals surface area (Å²) >= 11 is 6.10. The molecule has 1 N–H and O–H groups in total. The highest BCUT2D eigenvalue weighted by Crippen LogP contribution is 2.24. The van der Waals surface area contributed by atoms with Crippen LogP contribution in [0.5, 0.6) is 0 Å².